The number of carbonyl (C=O) groups is 2. The van der Waals surface area contributed by atoms with Crippen LogP contribution in [0.3, 0.4) is 0 Å². The number of hydrogen-bond donors (Lipinski definition) is 3. The van der Waals surface area contributed by atoms with Crippen LogP contribution in [0.2, 0.25) is 0 Å². The molecule has 3 rings (SSSR count). The molecule has 30 heavy (non-hydrogen) atoms. The van der Waals surface area contributed by atoms with Gasteiger partial charge in [-0.1, -0.05) is 38.1 Å². The van der Waals surface area contributed by atoms with Crippen LogP contribution >= 0.6 is 24.8 Å². The Balaban J connectivity index is 0.00000225. The van der Waals surface area contributed by atoms with Gasteiger partial charge in [-0.2, -0.15) is 0 Å². The molecule has 1 heterocycles. The van der Waals surface area contributed by atoms with Crippen LogP contribution in [-0.4, -0.2) is 32.0 Å². The number of nitrogens with zero attached hydrogens (tertiary/aromatic N) is 1. The number of fused-ring (bicyclic) bond motifs is 1. The number of anilines is 2. The van der Waals surface area contributed by atoms with Crippen molar-refractivity contribution in [3.63, 3.8) is 0 Å². The number of halogens is 2. The van der Waals surface area contributed by atoms with E-state index >= 15 is 0 Å². The number of nitrogens with two attached hydrogens (primary N) is 1. The number of hydrogen-bond acceptors (Lipinski definition) is 4. The molecule has 0 aromatic heterocycles. The van der Waals surface area contributed by atoms with Crippen LogP contribution in [0, 0.1) is 0 Å². The number of amides is 2. The van der Waals surface area contributed by atoms with E-state index in [1.807, 2.05) is 30.1 Å². The largest absolute Gasteiger partial charge is 0.372 e. The third kappa shape index (κ3) is 6.11. The highest BCUT2D eigenvalue weighted by Gasteiger charge is 2.18. The van der Waals surface area contributed by atoms with Gasteiger partial charge in [-0.25, -0.2) is 0 Å². The highest BCUT2D eigenvalue weighted by molar-refractivity contribution is 6.00. The Bertz CT molecular complexity index is 872. The predicted molar refractivity (Wildman–Crippen MR) is 127 cm³/mol. The number of carbonyl (C=O) groups excluding carboxylic acids is 2. The second kappa shape index (κ2) is 11.2. The maximum Gasteiger partial charge on any atom is 0.251 e. The van der Waals surface area contributed by atoms with Gasteiger partial charge < -0.3 is 21.3 Å². The average Bonchev–Trinajstić information content (AvgIpc) is 2.83. The van der Waals surface area contributed by atoms with Crippen LogP contribution in [0.25, 0.3) is 0 Å². The van der Waals surface area contributed by atoms with Crippen LogP contribution in [0.15, 0.2) is 42.5 Å². The summed E-state index contributed by atoms with van der Waals surface area (Å²) in [5.74, 6) is 0.214. The topological polar surface area (TPSA) is 87.5 Å². The lowest BCUT2D eigenvalue weighted by molar-refractivity contribution is -0.115. The number of benzene rings is 2. The molecule has 8 heteroatoms. The molecule has 6 nitrogen and oxygen atoms in total. The van der Waals surface area contributed by atoms with Crippen molar-refractivity contribution in [3.8, 4) is 0 Å². The third-order valence-electron chi connectivity index (χ3n) is 5.13. The Kier molecular flexibility index (Phi) is 9.62. The summed E-state index contributed by atoms with van der Waals surface area (Å²) >= 11 is 0. The van der Waals surface area contributed by atoms with Gasteiger partial charge in [0.1, 0.15) is 0 Å². The molecule has 1 aliphatic rings. The summed E-state index contributed by atoms with van der Waals surface area (Å²) in [6.07, 6.45) is 0.428. The lowest BCUT2D eigenvalue weighted by Crippen LogP contribution is -2.32. The van der Waals surface area contributed by atoms with Gasteiger partial charge in [0.05, 0.1) is 11.4 Å². The molecule has 0 fully saturated rings. The van der Waals surface area contributed by atoms with Crippen molar-refractivity contribution in [2.75, 3.05) is 30.4 Å². The maximum absolute atomic E-state index is 12.6. The van der Waals surface area contributed by atoms with E-state index in [0.29, 0.717) is 36.7 Å². The van der Waals surface area contributed by atoms with Crippen LogP contribution in [0.4, 0.5) is 11.4 Å². The van der Waals surface area contributed by atoms with E-state index in [2.05, 4.69) is 36.6 Å². The first-order valence-electron chi connectivity index (χ1n) is 9.64. The van der Waals surface area contributed by atoms with Gasteiger partial charge in [0.25, 0.3) is 5.91 Å². The van der Waals surface area contributed by atoms with E-state index in [-0.39, 0.29) is 42.7 Å². The predicted octanol–water partition coefficient (Wildman–Crippen LogP) is 3.86. The van der Waals surface area contributed by atoms with Crippen LogP contribution in [-0.2, 0) is 4.79 Å². The van der Waals surface area contributed by atoms with Crippen molar-refractivity contribution < 1.29 is 9.59 Å². The van der Waals surface area contributed by atoms with Gasteiger partial charge >= 0.3 is 0 Å². The third-order valence-corrected chi connectivity index (χ3v) is 5.13. The highest BCUT2D eigenvalue weighted by Crippen LogP contribution is 2.29. The minimum absolute atomic E-state index is 0. The molecule has 2 aromatic rings. The van der Waals surface area contributed by atoms with Gasteiger partial charge in [0.2, 0.25) is 5.91 Å². The Morgan fingerprint density at radius 3 is 2.40 bits per heavy atom. The zero-order valence-electron chi connectivity index (χ0n) is 17.5. The maximum atomic E-state index is 12.6. The molecule has 4 N–H and O–H groups in total. The van der Waals surface area contributed by atoms with Gasteiger partial charge in [-0.05, 0) is 35.2 Å². The van der Waals surface area contributed by atoms with Crippen molar-refractivity contribution in [1.82, 2.24) is 5.32 Å². The molecule has 2 amide bonds. The zero-order valence-corrected chi connectivity index (χ0v) is 19.1. The van der Waals surface area contributed by atoms with E-state index in [0.717, 1.165) is 11.3 Å². The summed E-state index contributed by atoms with van der Waals surface area (Å²) in [4.78, 5) is 26.4. The quantitative estimate of drug-likeness (QED) is 0.642. The Morgan fingerprint density at radius 2 is 1.77 bits per heavy atom. The van der Waals surface area contributed by atoms with Gasteiger partial charge in [0, 0.05) is 38.2 Å². The van der Waals surface area contributed by atoms with E-state index in [4.69, 9.17) is 5.73 Å². The fraction of sp³-hybridized carbons (Fsp3) is 0.364. The summed E-state index contributed by atoms with van der Waals surface area (Å²) in [7, 11) is 1.93. The fourth-order valence-electron chi connectivity index (χ4n) is 3.26. The second-order valence-electron chi connectivity index (χ2n) is 7.59. The van der Waals surface area contributed by atoms with Crippen molar-refractivity contribution >= 4 is 48.0 Å². The molecular formula is C22H30Cl2N4O2. The second-order valence-corrected chi connectivity index (χ2v) is 7.59. The summed E-state index contributed by atoms with van der Waals surface area (Å²) < 4.78 is 0. The number of rotatable bonds is 5. The lowest BCUT2D eigenvalue weighted by atomic mass is 9.99. The van der Waals surface area contributed by atoms with Gasteiger partial charge in [-0.15, -0.1) is 24.8 Å². The molecule has 1 aliphatic heterocycles. The Morgan fingerprint density at radius 1 is 1.13 bits per heavy atom. The normalized spacial score (nSPS) is 13.9. The van der Waals surface area contributed by atoms with Gasteiger partial charge in [-0.3, -0.25) is 9.59 Å². The molecule has 1 atom stereocenters. The first-order valence-corrected chi connectivity index (χ1v) is 9.64. The molecular weight excluding hydrogens is 423 g/mol. The van der Waals surface area contributed by atoms with E-state index in [9.17, 15) is 9.59 Å². The minimum Gasteiger partial charge on any atom is -0.372 e. The molecule has 0 saturated heterocycles. The summed E-state index contributed by atoms with van der Waals surface area (Å²) in [6, 6.07) is 13.2. The van der Waals surface area contributed by atoms with E-state index in [1.165, 1.54) is 5.56 Å². The Labute approximate surface area is 190 Å². The molecule has 2 aromatic carbocycles. The fourth-order valence-corrected chi connectivity index (χ4v) is 3.26. The zero-order chi connectivity index (χ0) is 20.3. The summed E-state index contributed by atoms with van der Waals surface area (Å²) in [5, 5.41) is 5.76. The van der Waals surface area contributed by atoms with Crippen molar-refractivity contribution in [2.45, 2.75) is 32.2 Å². The monoisotopic (exact) mass is 452 g/mol. The Hall–Kier alpha value is -2.28. The molecule has 0 radical (unpaired) electrons. The molecule has 0 aliphatic carbocycles. The lowest BCUT2D eigenvalue weighted by Gasteiger charge is -2.19. The summed E-state index contributed by atoms with van der Waals surface area (Å²) in [5.41, 5.74) is 10.5. The first kappa shape index (κ1) is 25.8. The highest BCUT2D eigenvalue weighted by atomic mass is 35.5. The van der Waals surface area contributed by atoms with Crippen molar-refractivity contribution in [1.29, 1.82) is 0 Å². The number of nitrogens with one attached hydrogen (secondary N) is 2. The van der Waals surface area contributed by atoms with Crippen LogP contribution < -0.4 is 21.3 Å². The first-order chi connectivity index (χ1) is 13.3. The smallest absolute Gasteiger partial charge is 0.251 e. The minimum atomic E-state index is -0.281. The summed E-state index contributed by atoms with van der Waals surface area (Å²) in [6.45, 7) is 5.28. The van der Waals surface area contributed by atoms with Gasteiger partial charge in [0.15, 0.2) is 0 Å². The van der Waals surface area contributed by atoms with Crippen molar-refractivity contribution in [2.24, 2.45) is 5.73 Å². The molecule has 164 valence electrons. The molecule has 0 bridgehead atoms. The van der Waals surface area contributed by atoms with Crippen LogP contribution in [0.5, 0.6) is 0 Å². The SMILES string of the molecule is CC(C)c1ccc(C(N)CNC(=O)c2ccc3c(c2)NC(=O)CCN3C)cc1.Cl.Cl. The average molecular weight is 453 g/mol. The molecule has 0 saturated carbocycles. The molecule has 1 unspecified atom stereocenters. The molecule has 0 spiro atoms. The van der Waals surface area contributed by atoms with Crippen molar-refractivity contribution in [3.05, 3.63) is 59.2 Å². The van der Waals surface area contributed by atoms with E-state index < -0.39 is 0 Å². The standard InChI is InChI=1S/C22H28N4O2.2ClH/c1-14(2)15-4-6-16(7-5-15)18(23)13-24-22(28)17-8-9-20-19(12-17)25-21(27)10-11-26(20)3;;/h4-9,12,14,18H,10-11,13,23H2,1-3H3,(H,24,28)(H,25,27);2*1H. The van der Waals surface area contributed by atoms with Crippen LogP contribution in [0.1, 0.15) is 53.7 Å². The van der Waals surface area contributed by atoms with E-state index in [1.54, 1.807) is 12.1 Å².